The molecule has 1 atom stereocenters. The summed E-state index contributed by atoms with van der Waals surface area (Å²) in [5.41, 5.74) is 0.706. The molecule has 140 valence electrons. The van der Waals surface area contributed by atoms with Gasteiger partial charge in [-0.25, -0.2) is 4.79 Å². The number of carbonyl (C=O) groups excluding carboxylic acids is 2. The molecule has 2 N–H and O–H groups in total. The van der Waals surface area contributed by atoms with Gasteiger partial charge < -0.3 is 20.4 Å². The van der Waals surface area contributed by atoms with E-state index in [0.717, 1.165) is 18.4 Å². The van der Waals surface area contributed by atoms with Crippen LogP contribution in [0, 0.1) is 0 Å². The summed E-state index contributed by atoms with van der Waals surface area (Å²) in [5.74, 6) is -0.241. The number of hydrogen-bond acceptors (Lipinski definition) is 5. The van der Waals surface area contributed by atoms with Gasteiger partial charge in [-0.05, 0) is 38.3 Å². The number of likely N-dealkylation sites (tertiary alicyclic amines) is 1. The number of oxime groups is 1. The maximum Gasteiger partial charge on any atom is 0.317 e. The molecule has 3 amide bonds. The van der Waals surface area contributed by atoms with E-state index in [0.29, 0.717) is 31.8 Å². The van der Waals surface area contributed by atoms with Crippen molar-refractivity contribution in [2.24, 2.45) is 5.16 Å². The quantitative estimate of drug-likeness (QED) is 0.850. The molecule has 0 saturated carbocycles. The van der Waals surface area contributed by atoms with E-state index in [-0.39, 0.29) is 18.0 Å². The van der Waals surface area contributed by atoms with Gasteiger partial charge in [0.25, 0.3) is 5.91 Å². The van der Waals surface area contributed by atoms with Crippen molar-refractivity contribution in [2.75, 3.05) is 13.1 Å². The van der Waals surface area contributed by atoms with Gasteiger partial charge in [-0.2, -0.15) is 0 Å². The first kappa shape index (κ1) is 18.2. The SMILES string of the molecule is CC(C)NC(=O)N1CCCC2(CC(C(=O)NCc3cccnc3)=NO2)C1. The van der Waals surface area contributed by atoms with Crippen LogP contribution in [0.15, 0.2) is 29.7 Å². The maximum absolute atomic E-state index is 12.4. The van der Waals surface area contributed by atoms with Crippen LogP contribution in [0.25, 0.3) is 0 Å². The molecular formula is C18H25N5O3. The van der Waals surface area contributed by atoms with Crippen molar-refractivity contribution >= 4 is 17.6 Å². The summed E-state index contributed by atoms with van der Waals surface area (Å²) in [7, 11) is 0. The van der Waals surface area contributed by atoms with Crippen molar-refractivity contribution < 1.29 is 14.4 Å². The molecule has 26 heavy (non-hydrogen) atoms. The third-order valence-corrected chi connectivity index (χ3v) is 4.52. The monoisotopic (exact) mass is 359 g/mol. The van der Waals surface area contributed by atoms with Gasteiger partial charge in [-0.15, -0.1) is 0 Å². The van der Waals surface area contributed by atoms with Crippen LogP contribution >= 0.6 is 0 Å². The van der Waals surface area contributed by atoms with Crippen LogP contribution in [-0.4, -0.2) is 52.3 Å². The van der Waals surface area contributed by atoms with Gasteiger partial charge in [0, 0.05) is 37.9 Å². The number of aromatic nitrogens is 1. The maximum atomic E-state index is 12.4. The molecule has 8 nitrogen and oxygen atoms in total. The molecule has 8 heteroatoms. The van der Waals surface area contributed by atoms with Gasteiger partial charge in [-0.1, -0.05) is 11.2 Å². The molecule has 1 unspecified atom stereocenters. The van der Waals surface area contributed by atoms with Gasteiger partial charge in [0.05, 0.1) is 6.54 Å². The van der Waals surface area contributed by atoms with Gasteiger partial charge in [-0.3, -0.25) is 9.78 Å². The first-order chi connectivity index (χ1) is 12.5. The van der Waals surface area contributed by atoms with Crippen LogP contribution in [-0.2, 0) is 16.2 Å². The van der Waals surface area contributed by atoms with E-state index in [2.05, 4.69) is 20.8 Å². The Balaban J connectivity index is 1.54. The van der Waals surface area contributed by atoms with E-state index < -0.39 is 5.60 Å². The third kappa shape index (κ3) is 4.30. The summed E-state index contributed by atoms with van der Waals surface area (Å²) in [4.78, 5) is 36.0. The zero-order valence-electron chi connectivity index (χ0n) is 15.2. The molecule has 1 aromatic rings. The molecule has 0 radical (unpaired) electrons. The third-order valence-electron chi connectivity index (χ3n) is 4.52. The van der Waals surface area contributed by atoms with Crippen molar-refractivity contribution in [1.29, 1.82) is 0 Å². The summed E-state index contributed by atoms with van der Waals surface area (Å²) >= 11 is 0. The van der Waals surface area contributed by atoms with E-state index in [1.165, 1.54) is 0 Å². The largest absolute Gasteiger partial charge is 0.386 e. The minimum Gasteiger partial charge on any atom is -0.386 e. The Morgan fingerprint density at radius 1 is 1.42 bits per heavy atom. The molecule has 2 aliphatic heterocycles. The molecule has 3 heterocycles. The van der Waals surface area contributed by atoms with Crippen LogP contribution in [0.4, 0.5) is 4.79 Å². The lowest BCUT2D eigenvalue weighted by molar-refractivity contribution is -0.115. The van der Waals surface area contributed by atoms with Crippen LogP contribution in [0.3, 0.4) is 0 Å². The summed E-state index contributed by atoms with van der Waals surface area (Å²) in [6.45, 7) is 5.37. The number of nitrogens with one attached hydrogen (secondary N) is 2. The van der Waals surface area contributed by atoms with Crippen molar-refractivity contribution in [3.05, 3.63) is 30.1 Å². The second kappa shape index (κ2) is 7.72. The normalized spacial score (nSPS) is 22.1. The average molecular weight is 359 g/mol. The highest BCUT2D eigenvalue weighted by Crippen LogP contribution is 2.33. The lowest BCUT2D eigenvalue weighted by Gasteiger charge is -2.38. The fourth-order valence-corrected chi connectivity index (χ4v) is 3.26. The predicted octanol–water partition coefficient (Wildman–Crippen LogP) is 1.43. The minimum atomic E-state index is -0.590. The summed E-state index contributed by atoms with van der Waals surface area (Å²) < 4.78 is 0. The zero-order valence-corrected chi connectivity index (χ0v) is 15.2. The number of amides is 3. The summed E-state index contributed by atoms with van der Waals surface area (Å²) in [6.07, 6.45) is 5.42. The number of urea groups is 1. The second-order valence-electron chi connectivity index (χ2n) is 7.16. The Morgan fingerprint density at radius 2 is 2.27 bits per heavy atom. The highest BCUT2D eigenvalue weighted by molar-refractivity contribution is 6.39. The average Bonchev–Trinajstić information content (AvgIpc) is 3.03. The van der Waals surface area contributed by atoms with Gasteiger partial charge in [0.15, 0.2) is 5.60 Å². The molecule has 1 aromatic heterocycles. The van der Waals surface area contributed by atoms with Crippen molar-refractivity contribution in [3.63, 3.8) is 0 Å². The van der Waals surface area contributed by atoms with E-state index in [1.807, 2.05) is 26.0 Å². The molecular weight excluding hydrogens is 334 g/mol. The minimum absolute atomic E-state index is 0.0786. The van der Waals surface area contributed by atoms with E-state index in [4.69, 9.17) is 4.84 Å². The Kier molecular flexibility index (Phi) is 5.39. The molecule has 1 fully saturated rings. The Bertz CT molecular complexity index is 691. The number of piperidine rings is 1. The summed E-state index contributed by atoms with van der Waals surface area (Å²) in [6, 6.07) is 3.70. The van der Waals surface area contributed by atoms with Crippen LogP contribution < -0.4 is 10.6 Å². The van der Waals surface area contributed by atoms with E-state index in [1.54, 1.807) is 17.3 Å². The number of pyridine rings is 1. The highest BCUT2D eigenvalue weighted by atomic mass is 16.7. The molecule has 0 aliphatic carbocycles. The standard InChI is InChI=1S/C18H25N5O3/c1-13(2)21-17(25)23-8-4-6-18(12-23)9-15(22-26-18)16(24)20-11-14-5-3-7-19-10-14/h3,5,7,10,13H,4,6,8-9,11-12H2,1-2H3,(H,20,24)(H,21,25). The Hall–Kier alpha value is -2.64. The number of hydrogen-bond donors (Lipinski definition) is 2. The molecule has 0 bridgehead atoms. The van der Waals surface area contributed by atoms with Crippen LogP contribution in [0.5, 0.6) is 0 Å². The van der Waals surface area contributed by atoms with E-state index in [9.17, 15) is 9.59 Å². The first-order valence-electron chi connectivity index (χ1n) is 8.95. The topological polar surface area (TPSA) is 95.9 Å². The lowest BCUT2D eigenvalue weighted by atomic mass is 9.88. The zero-order chi connectivity index (χ0) is 18.6. The molecule has 0 aromatic carbocycles. The smallest absolute Gasteiger partial charge is 0.317 e. The molecule has 2 aliphatic rings. The van der Waals surface area contributed by atoms with Crippen molar-refractivity contribution in [2.45, 2.75) is 51.3 Å². The Labute approximate surface area is 153 Å². The van der Waals surface area contributed by atoms with Crippen LogP contribution in [0.1, 0.15) is 38.7 Å². The fraction of sp³-hybridized carbons (Fsp3) is 0.556. The molecule has 3 rings (SSSR count). The number of rotatable bonds is 4. The van der Waals surface area contributed by atoms with Gasteiger partial charge in [0.1, 0.15) is 5.71 Å². The molecule has 1 spiro atoms. The van der Waals surface area contributed by atoms with Gasteiger partial charge in [0.2, 0.25) is 0 Å². The number of carbonyl (C=O) groups is 2. The fourth-order valence-electron chi connectivity index (χ4n) is 3.26. The lowest BCUT2D eigenvalue weighted by Crippen LogP contribution is -2.54. The first-order valence-corrected chi connectivity index (χ1v) is 8.95. The van der Waals surface area contributed by atoms with Crippen molar-refractivity contribution in [1.82, 2.24) is 20.5 Å². The summed E-state index contributed by atoms with van der Waals surface area (Å²) in [5, 5.41) is 9.75. The highest BCUT2D eigenvalue weighted by Gasteiger charge is 2.45. The molecule has 1 saturated heterocycles. The van der Waals surface area contributed by atoms with E-state index >= 15 is 0 Å². The second-order valence-corrected chi connectivity index (χ2v) is 7.16. The van der Waals surface area contributed by atoms with Gasteiger partial charge >= 0.3 is 6.03 Å². The Morgan fingerprint density at radius 3 is 3.00 bits per heavy atom. The number of nitrogens with zero attached hydrogens (tertiary/aromatic N) is 3. The predicted molar refractivity (Wildman–Crippen MR) is 96.4 cm³/mol. The van der Waals surface area contributed by atoms with Crippen LogP contribution in [0.2, 0.25) is 0 Å². The van der Waals surface area contributed by atoms with Crippen molar-refractivity contribution in [3.8, 4) is 0 Å².